The molecule has 2 saturated heterocycles. The normalized spacial score (nSPS) is 30.4. The summed E-state index contributed by atoms with van der Waals surface area (Å²) in [7, 11) is 0. The van der Waals surface area contributed by atoms with E-state index in [1.54, 1.807) is 0 Å². The predicted octanol–water partition coefficient (Wildman–Crippen LogP) is 2.38. The first kappa shape index (κ1) is 21.9. The molecule has 0 aromatic rings. The second-order valence-electron chi connectivity index (χ2n) is 9.95. The Bertz CT molecular complexity index is 581. The number of likely N-dealkylation sites (tertiary alicyclic amines) is 2. The maximum atomic E-state index is 13.0. The van der Waals surface area contributed by atoms with Gasteiger partial charge in [0.25, 0.3) is 0 Å². The lowest BCUT2D eigenvalue weighted by Gasteiger charge is -2.39. The molecule has 2 aliphatic heterocycles. The van der Waals surface area contributed by atoms with Gasteiger partial charge in [-0.1, -0.05) is 38.5 Å². The minimum Gasteiger partial charge on any atom is -0.392 e. The average molecular weight is 421 g/mol. The molecule has 2 aliphatic carbocycles. The summed E-state index contributed by atoms with van der Waals surface area (Å²) in [5.74, 6) is 0.0934. The van der Waals surface area contributed by atoms with Crippen LogP contribution in [0.4, 0.5) is 4.79 Å². The van der Waals surface area contributed by atoms with E-state index in [4.69, 9.17) is 0 Å². The van der Waals surface area contributed by atoms with Crippen molar-refractivity contribution >= 4 is 11.9 Å². The second kappa shape index (κ2) is 10.3. The number of aliphatic hydroxyl groups excluding tert-OH is 1. The zero-order valence-corrected chi connectivity index (χ0v) is 18.4. The van der Waals surface area contributed by atoms with E-state index in [1.807, 2.05) is 4.90 Å². The minimum atomic E-state index is -0.431. The van der Waals surface area contributed by atoms with Crippen LogP contribution in [-0.2, 0) is 4.79 Å². The standard InChI is InChI=1S/C23H40N4O3/c28-20-15-21(22(29)24-17-7-3-1-4-8-17)27(16-20)19-11-13-26(14-12-19)23(30)25-18-9-5-2-6-10-18/h17-21,28H,1-16H2,(H,24,29)(H,25,30)/t20-,21+/m1/s1. The van der Waals surface area contributed by atoms with Crippen molar-refractivity contribution < 1.29 is 14.7 Å². The molecule has 7 heteroatoms. The zero-order valence-electron chi connectivity index (χ0n) is 18.4. The molecule has 2 heterocycles. The van der Waals surface area contributed by atoms with Gasteiger partial charge in [0, 0.05) is 37.8 Å². The highest BCUT2D eigenvalue weighted by Crippen LogP contribution is 2.28. The van der Waals surface area contributed by atoms with Crippen LogP contribution in [0, 0.1) is 0 Å². The Balaban J connectivity index is 1.26. The van der Waals surface area contributed by atoms with Gasteiger partial charge in [0.15, 0.2) is 0 Å². The first-order valence-electron chi connectivity index (χ1n) is 12.4. The number of hydrogen-bond donors (Lipinski definition) is 3. The van der Waals surface area contributed by atoms with E-state index in [0.717, 1.165) is 51.6 Å². The summed E-state index contributed by atoms with van der Waals surface area (Å²) in [4.78, 5) is 29.8. The highest BCUT2D eigenvalue weighted by atomic mass is 16.3. The van der Waals surface area contributed by atoms with Crippen LogP contribution in [-0.4, -0.2) is 76.8 Å². The van der Waals surface area contributed by atoms with Crippen LogP contribution < -0.4 is 10.6 Å². The quantitative estimate of drug-likeness (QED) is 0.652. The van der Waals surface area contributed by atoms with Gasteiger partial charge in [-0.25, -0.2) is 4.79 Å². The summed E-state index contributed by atoms with van der Waals surface area (Å²) in [6.07, 6.45) is 13.6. The third kappa shape index (κ3) is 5.47. The number of carbonyl (C=O) groups is 2. The molecular formula is C23H40N4O3. The van der Waals surface area contributed by atoms with Crippen LogP contribution in [0.15, 0.2) is 0 Å². The topological polar surface area (TPSA) is 84.9 Å². The summed E-state index contributed by atoms with van der Waals surface area (Å²) in [6, 6.07) is 0.757. The summed E-state index contributed by atoms with van der Waals surface area (Å²) < 4.78 is 0. The predicted molar refractivity (Wildman–Crippen MR) is 116 cm³/mol. The van der Waals surface area contributed by atoms with Crippen LogP contribution in [0.1, 0.15) is 83.5 Å². The third-order valence-electron chi connectivity index (χ3n) is 7.72. The smallest absolute Gasteiger partial charge is 0.317 e. The first-order valence-corrected chi connectivity index (χ1v) is 12.4. The lowest BCUT2D eigenvalue weighted by atomic mass is 9.95. The Labute approximate surface area is 180 Å². The van der Waals surface area contributed by atoms with Crippen LogP contribution in [0.5, 0.6) is 0 Å². The van der Waals surface area contributed by atoms with Crippen molar-refractivity contribution in [3.05, 3.63) is 0 Å². The molecule has 30 heavy (non-hydrogen) atoms. The number of nitrogens with one attached hydrogen (secondary N) is 2. The van der Waals surface area contributed by atoms with Gasteiger partial charge >= 0.3 is 6.03 Å². The van der Waals surface area contributed by atoms with Crippen LogP contribution in [0.3, 0.4) is 0 Å². The minimum absolute atomic E-state index is 0.0772. The number of β-amino-alcohol motifs (C(OH)–C–C–N with tert-alkyl or cyclic N) is 1. The van der Waals surface area contributed by atoms with Crippen molar-refractivity contribution in [2.45, 2.75) is 114 Å². The van der Waals surface area contributed by atoms with E-state index in [1.165, 1.54) is 38.5 Å². The zero-order chi connectivity index (χ0) is 20.9. The molecule has 0 radical (unpaired) electrons. The Morgan fingerprint density at radius 3 is 1.93 bits per heavy atom. The molecule has 4 rings (SSSR count). The Morgan fingerprint density at radius 2 is 1.33 bits per heavy atom. The van der Waals surface area contributed by atoms with Crippen molar-refractivity contribution in [1.29, 1.82) is 0 Å². The molecule has 0 spiro atoms. The van der Waals surface area contributed by atoms with Gasteiger partial charge in [-0.05, 0) is 44.9 Å². The monoisotopic (exact) mass is 420 g/mol. The van der Waals surface area contributed by atoms with Gasteiger partial charge in [-0.3, -0.25) is 9.69 Å². The van der Waals surface area contributed by atoms with Crippen LogP contribution in [0.2, 0.25) is 0 Å². The largest absolute Gasteiger partial charge is 0.392 e. The van der Waals surface area contributed by atoms with E-state index in [0.29, 0.717) is 25.0 Å². The van der Waals surface area contributed by atoms with Crippen molar-refractivity contribution in [2.24, 2.45) is 0 Å². The van der Waals surface area contributed by atoms with Gasteiger partial charge in [-0.15, -0.1) is 0 Å². The van der Waals surface area contributed by atoms with Crippen molar-refractivity contribution in [2.75, 3.05) is 19.6 Å². The summed E-state index contributed by atoms with van der Waals surface area (Å²) in [5, 5.41) is 16.8. The van der Waals surface area contributed by atoms with Crippen molar-refractivity contribution in [3.63, 3.8) is 0 Å². The van der Waals surface area contributed by atoms with E-state index >= 15 is 0 Å². The second-order valence-corrected chi connectivity index (χ2v) is 9.95. The fraction of sp³-hybridized carbons (Fsp3) is 0.913. The molecule has 2 saturated carbocycles. The summed E-state index contributed by atoms with van der Waals surface area (Å²) in [6.45, 7) is 2.03. The number of carbonyl (C=O) groups excluding carboxylic acids is 2. The number of amides is 3. The summed E-state index contributed by atoms with van der Waals surface area (Å²) >= 11 is 0. The molecular weight excluding hydrogens is 380 g/mol. The van der Waals surface area contributed by atoms with E-state index in [-0.39, 0.29) is 24.0 Å². The molecule has 3 amide bonds. The average Bonchev–Trinajstić information content (AvgIpc) is 3.17. The fourth-order valence-electron chi connectivity index (χ4n) is 5.96. The number of hydrogen-bond acceptors (Lipinski definition) is 4. The Kier molecular flexibility index (Phi) is 7.52. The third-order valence-corrected chi connectivity index (χ3v) is 7.72. The molecule has 4 aliphatic rings. The Morgan fingerprint density at radius 1 is 0.767 bits per heavy atom. The maximum absolute atomic E-state index is 13.0. The van der Waals surface area contributed by atoms with Crippen molar-refractivity contribution in [3.8, 4) is 0 Å². The van der Waals surface area contributed by atoms with Crippen LogP contribution >= 0.6 is 0 Å². The highest BCUT2D eigenvalue weighted by molar-refractivity contribution is 5.82. The molecule has 2 atom stereocenters. The summed E-state index contributed by atoms with van der Waals surface area (Å²) in [5.41, 5.74) is 0. The molecule has 4 fully saturated rings. The van der Waals surface area contributed by atoms with Gasteiger partial charge in [-0.2, -0.15) is 0 Å². The first-order chi connectivity index (χ1) is 14.6. The molecule has 0 bridgehead atoms. The van der Waals surface area contributed by atoms with E-state index in [9.17, 15) is 14.7 Å². The molecule has 7 nitrogen and oxygen atoms in total. The van der Waals surface area contributed by atoms with E-state index in [2.05, 4.69) is 15.5 Å². The van der Waals surface area contributed by atoms with Gasteiger partial charge in [0.2, 0.25) is 5.91 Å². The van der Waals surface area contributed by atoms with Gasteiger partial charge in [0.05, 0.1) is 12.1 Å². The number of piperidine rings is 1. The Hall–Kier alpha value is -1.34. The molecule has 0 aromatic heterocycles. The van der Waals surface area contributed by atoms with Gasteiger partial charge < -0.3 is 20.6 Å². The molecule has 3 N–H and O–H groups in total. The van der Waals surface area contributed by atoms with E-state index < -0.39 is 6.10 Å². The SMILES string of the molecule is O=C(NC1CCCCC1)[C@@H]1C[C@@H](O)CN1C1CCN(C(=O)NC2CCCCC2)CC1. The highest BCUT2D eigenvalue weighted by Gasteiger charge is 2.41. The maximum Gasteiger partial charge on any atom is 0.317 e. The number of nitrogens with zero attached hydrogens (tertiary/aromatic N) is 2. The fourth-order valence-corrected chi connectivity index (χ4v) is 5.96. The number of rotatable bonds is 4. The molecule has 170 valence electrons. The lowest BCUT2D eigenvalue weighted by Crippen LogP contribution is -2.55. The number of urea groups is 1. The lowest BCUT2D eigenvalue weighted by molar-refractivity contribution is -0.127. The molecule has 0 unspecified atom stereocenters. The van der Waals surface area contributed by atoms with Crippen LogP contribution in [0.25, 0.3) is 0 Å². The number of aliphatic hydroxyl groups is 1. The van der Waals surface area contributed by atoms with Gasteiger partial charge in [0.1, 0.15) is 0 Å². The van der Waals surface area contributed by atoms with Crippen molar-refractivity contribution in [1.82, 2.24) is 20.4 Å². The molecule has 0 aromatic carbocycles.